The summed E-state index contributed by atoms with van der Waals surface area (Å²) in [6, 6.07) is 7.91. The normalized spacial score (nSPS) is 10.7. The smallest absolute Gasteiger partial charge is 0.273 e. The van der Waals surface area contributed by atoms with E-state index in [9.17, 15) is 10.1 Å². The van der Waals surface area contributed by atoms with Crippen LogP contribution in [0.3, 0.4) is 0 Å². The number of aromatic nitrogens is 2. The van der Waals surface area contributed by atoms with Crippen LogP contribution in [-0.2, 0) is 0 Å². The van der Waals surface area contributed by atoms with Crippen molar-refractivity contribution in [2.75, 3.05) is 0 Å². The first kappa shape index (κ1) is 10.4. The number of hydrogen-bond acceptors (Lipinski definition) is 5. The van der Waals surface area contributed by atoms with Gasteiger partial charge >= 0.3 is 0 Å². The van der Waals surface area contributed by atoms with Crippen molar-refractivity contribution in [2.45, 2.75) is 0 Å². The largest absolute Gasteiger partial charge is 0.436 e. The fraction of sp³-hybridized carbons (Fsp3) is 0. The zero-order chi connectivity index (χ0) is 12.5. The molecule has 0 saturated carbocycles. The third-order valence-corrected chi connectivity index (χ3v) is 2.49. The minimum Gasteiger partial charge on any atom is -0.436 e. The molecular weight excluding hydrogens is 234 g/mol. The van der Waals surface area contributed by atoms with Crippen molar-refractivity contribution in [2.24, 2.45) is 0 Å². The Hall–Kier alpha value is -2.76. The molecule has 0 radical (unpaired) electrons. The molecule has 0 aliphatic rings. The van der Waals surface area contributed by atoms with Crippen LogP contribution in [0.5, 0.6) is 0 Å². The van der Waals surface area contributed by atoms with Crippen LogP contribution in [0.2, 0.25) is 0 Å². The Labute approximate surface area is 101 Å². The summed E-state index contributed by atoms with van der Waals surface area (Å²) in [6.07, 6.45) is 3.27. The first-order valence-corrected chi connectivity index (χ1v) is 5.19. The molecule has 0 N–H and O–H groups in total. The van der Waals surface area contributed by atoms with Gasteiger partial charge in [0.15, 0.2) is 5.58 Å². The van der Waals surface area contributed by atoms with Crippen molar-refractivity contribution < 1.29 is 9.34 Å². The van der Waals surface area contributed by atoms with Gasteiger partial charge in [0.1, 0.15) is 5.52 Å². The van der Waals surface area contributed by atoms with Crippen LogP contribution >= 0.6 is 0 Å². The fourth-order valence-electron chi connectivity index (χ4n) is 1.64. The summed E-state index contributed by atoms with van der Waals surface area (Å²) < 4.78 is 5.49. The fourth-order valence-corrected chi connectivity index (χ4v) is 1.64. The number of non-ortho nitro benzene ring substituents is 1. The maximum Gasteiger partial charge on any atom is 0.273 e. The van der Waals surface area contributed by atoms with Gasteiger partial charge in [-0.25, -0.2) is 4.98 Å². The minimum atomic E-state index is -0.467. The van der Waals surface area contributed by atoms with Crippen LogP contribution in [0.4, 0.5) is 5.69 Å². The monoisotopic (exact) mass is 241 g/mol. The van der Waals surface area contributed by atoms with E-state index in [4.69, 9.17) is 4.42 Å². The van der Waals surface area contributed by atoms with E-state index in [-0.39, 0.29) is 5.69 Å². The number of nitro groups is 1. The van der Waals surface area contributed by atoms with Gasteiger partial charge in [0.25, 0.3) is 5.69 Å². The van der Waals surface area contributed by atoms with E-state index in [0.29, 0.717) is 17.0 Å². The Morgan fingerprint density at radius 3 is 2.89 bits per heavy atom. The van der Waals surface area contributed by atoms with Crippen molar-refractivity contribution >= 4 is 16.8 Å². The molecule has 0 aliphatic heterocycles. The molecule has 2 aromatic heterocycles. The van der Waals surface area contributed by atoms with Gasteiger partial charge in [0.05, 0.1) is 16.6 Å². The van der Waals surface area contributed by atoms with Crippen LogP contribution in [0.1, 0.15) is 0 Å². The van der Waals surface area contributed by atoms with Gasteiger partial charge in [-0.15, -0.1) is 0 Å². The highest BCUT2D eigenvalue weighted by Gasteiger charge is 2.12. The number of fused-ring (bicyclic) bond motifs is 1. The first-order valence-electron chi connectivity index (χ1n) is 5.19. The molecule has 6 heteroatoms. The van der Waals surface area contributed by atoms with Crippen molar-refractivity contribution in [1.82, 2.24) is 9.97 Å². The second-order valence-corrected chi connectivity index (χ2v) is 3.67. The zero-order valence-electron chi connectivity index (χ0n) is 9.11. The molecular formula is C12H7N3O3. The first-order chi connectivity index (χ1) is 8.74. The minimum absolute atomic E-state index is 0.0172. The van der Waals surface area contributed by atoms with Gasteiger partial charge in [-0.3, -0.25) is 15.1 Å². The van der Waals surface area contributed by atoms with Gasteiger partial charge in [-0.2, -0.15) is 0 Å². The number of hydrogen-bond donors (Lipinski definition) is 0. The summed E-state index contributed by atoms with van der Waals surface area (Å²) in [5.41, 5.74) is 1.69. The molecule has 0 spiro atoms. The van der Waals surface area contributed by atoms with Crippen molar-refractivity contribution in [3.63, 3.8) is 0 Å². The molecule has 0 unspecified atom stereocenters. The molecule has 3 rings (SSSR count). The lowest BCUT2D eigenvalue weighted by molar-refractivity contribution is -0.384. The van der Waals surface area contributed by atoms with Gasteiger partial charge in [0, 0.05) is 18.5 Å². The molecule has 88 valence electrons. The molecule has 0 fully saturated rings. The Morgan fingerprint density at radius 1 is 1.28 bits per heavy atom. The SMILES string of the molecule is O=[N+]([O-])c1ccc2nc(-c3cccnc3)oc2c1. The number of oxazole rings is 1. The Morgan fingerprint density at radius 2 is 2.17 bits per heavy atom. The molecule has 0 atom stereocenters. The topological polar surface area (TPSA) is 82.1 Å². The van der Waals surface area contributed by atoms with Crippen LogP contribution in [0.25, 0.3) is 22.6 Å². The average molecular weight is 241 g/mol. The van der Waals surface area contributed by atoms with E-state index in [1.807, 2.05) is 6.07 Å². The summed E-state index contributed by atoms with van der Waals surface area (Å²) in [6.45, 7) is 0. The molecule has 18 heavy (non-hydrogen) atoms. The summed E-state index contributed by atoms with van der Waals surface area (Å²) in [4.78, 5) is 18.4. The van der Waals surface area contributed by atoms with Crippen molar-refractivity contribution in [3.05, 3.63) is 52.8 Å². The molecule has 0 aliphatic carbocycles. The second-order valence-electron chi connectivity index (χ2n) is 3.67. The van der Waals surface area contributed by atoms with Crippen molar-refractivity contribution in [3.8, 4) is 11.5 Å². The number of nitrogens with zero attached hydrogens (tertiary/aromatic N) is 3. The quantitative estimate of drug-likeness (QED) is 0.509. The highest BCUT2D eigenvalue weighted by atomic mass is 16.6. The molecule has 3 aromatic rings. The third kappa shape index (κ3) is 1.69. The lowest BCUT2D eigenvalue weighted by Gasteiger charge is -1.91. The van der Waals surface area contributed by atoms with Crippen LogP contribution < -0.4 is 0 Å². The van der Waals surface area contributed by atoms with Crippen LogP contribution in [0.15, 0.2) is 47.1 Å². The standard InChI is InChI=1S/C12H7N3O3/c16-15(17)9-3-4-10-11(6-9)18-12(14-10)8-2-1-5-13-7-8/h1-7H. The van der Waals surface area contributed by atoms with Gasteiger partial charge in [-0.05, 0) is 18.2 Å². The number of benzene rings is 1. The molecule has 0 amide bonds. The molecule has 2 heterocycles. The van der Waals surface area contributed by atoms with Gasteiger partial charge in [0.2, 0.25) is 5.89 Å². The zero-order valence-corrected chi connectivity index (χ0v) is 9.11. The highest BCUT2D eigenvalue weighted by molar-refractivity contribution is 5.78. The lowest BCUT2D eigenvalue weighted by atomic mass is 10.3. The van der Waals surface area contributed by atoms with Gasteiger partial charge < -0.3 is 4.42 Å². The van der Waals surface area contributed by atoms with E-state index < -0.39 is 4.92 Å². The maximum absolute atomic E-state index is 10.7. The van der Waals surface area contributed by atoms with E-state index in [2.05, 4.69) is 9.97 Å². The second kappa shape index (κ2) is 3.92. The molecule has 0 saturated heterocycles. The summed E-state index contributed by atoms with van der Waals surface area (Å²) >= 11 is 0. The maximum atomic E-state index is 10.7. The predicted molar refractivity (Wildman–Crippen MR) is 63.9 cm³/mol. The van der Waals surface area contributed by atoms with Crippen molar-refractivity contribution in [1.29, 1.82) is 0 Å². The highest BCUT2D eigenvalue weighted by Crippen LogP contribution is 2.26. The number of nitro benzene ring substituents is 1. The van der Waals surface area contributed by atoms with Crippen LogP contribution in [-0.4, -0.2) is 14.9 Å². The van der Waals surface area contributed by atoms with Gasteiger partial charge in [-0.1, -0.05) is 0 Å². The third-order valence-electron chi connectivity index (χ3n) is 2.49. The average Bonchev–Trinajstić information content (AvgIpc) is 2.82. The molecule has 1 aromatic carbocycles. The van der Waals surface area contributed by atoms with E-state index in [1.54, 1.807) is 24.5 Å². The Balaban J connectivity index is 2.14. The number of rotatable bonds is 2. The Bertz CT molecular complexity index is 722. The number of pyridine rings is 1. The summed E-state index contributed by atoms with van der Waals surface area (Å²) in [5.74, 6) is 0.401. The molecule has 0 bridgehead atoms. The van der Waals surface area contributed by atoms with E-state index in [1.165, 1.54) is 12.1 Å². The predicted octanol–water partition coefficient (Wildman–Crippen LogP) is 2.80. The Kier molecular flexibility index (Phi) is 2.26. The molecule has 6 nitrogen and oxygen atoms in total. The lowest BCUT2D eigenvalue weighted by Crippen LogP contribution is -1.86. The van der Waals surface area contributed by atoms with E-state index in [0.717, 1.165) is 5.56 Å². The van der Waals surface area contributed by atoms with E-state index >= 15 is 0 Å². The summed E-state index contributed by atoms with van der Waals surface area (Å²) in [5, 5.41) is 10.7. The van der Waals surface area contributed by atoms with Crippen LogP contribution in [0, 0.1) is 10.1 Å². The summed E-state index contributed by atoms with van der Waals surface area (Å²) in [7, 11) is 0.